The molecule has 2 rings (SSSR count). The van der Waals surface area contributed by atoms with Gasteiger partial charge in [-0.3, -0.25) is 0 Å². The molecule has 21 heavy (non-hydrogen) atoms. The molecule has 1 atom stereocenters. The van der Waals surface area contributed by atoms with Crippen LogP contribution in [0.15, 0.2) is 56.7 Å². The van der Waals surface area contributed by atoms with Gasteiger partial charge in [-0.1, -0.05) is 22.9 Å². The minimum atomic E-state index is -3.58. The molecule has 0 spiro atoms. The lowest BCUT2D eigenvalue weighted by Gasteiger charge is -2.13. The third-order valence-electron chi connectivity index (χ3n) is 3.26. The largest absolute Gasteiger partial charge is 0.399 e. The first kappa shape index (κ1) is 16.0. The summed E-state index contributed by atoms with van der Waals surface area (Å²) in [5, 5.41) is 0. The number of nitrogens with two attached hydrogens (primary N) is 2. The third kappa shape index (κ3) is 3.45. The predicted octanol–water partition coefficient (Wildman–Crippen LogP) is 3.27. The number of hydrogen-bond acceptors (Lipinski definition) is 4. The van der Waals surface area contributed by atoms with Crippen LogP contribution in [0.2, 0.25) is 0 Å². The first-order valence-electron chi connectivity index (χ1n) is 6.51. The van der Waals surface area contributed by atoms with Gasteiger partial charge in [-0.15, -0.1) is 0 Å². The van der Waals surface area contributed by atoms with E-state index >= 15 is 0 Å². The number of anilines is 1. The zero-order valence-corrected chi connectivity index (χ0v) is 14.0. The van der Waals surface area contributed by atoms with E-state index in [0.717, 1.165) is 12.0 Å². The van der Waals surface area contributed by atoms with E-state index in [0.29, 0.717) is 10.2 Å². The van der Waals surface area contributed by atoms with Gasteiger partial charge in [-0.05, 0) is 54.4 Å². The fraction of sp³-hybridized carbons (Fsp3) is 0.200. The van der Waals surface area contributed by atoms with Crippen LogP contribution in [0.25, 0.3) is 0 Å². The average molecular weight is 369 g/mol. The molecule has 0 bridgehead atoms. The Morgan fingerprint density at radius 2 is 1.71 bits per heavy atom. The summed E-state index contributed by atoms with van der Waals surface area (Å²) in [6.45, 7) is 1.96. The number of nitrogen functional groups attached to an aromatic ring is 1. The van der Waals surface area contributed by atoms with Crippen LogP contribution >= 0.6 is 15.9 Å². The Morgan fingerprint density at radius 1 is 1.10 bits per heavy atom. The molecule has 0 aliphatic heterocycles. The normalized spacial score (nSPS) is 13.1. The van der Waals surface area contributed by atoms with Gasteiger partial charge in [0.1, 0.15) is 0 Å². The summed E-state index contributed by atoms with van der Waals surface area (Å²) >= 11 is 3.35. The van der Waals surface area contributed by atoms with Crippen molar-refractivity contribution in [3.8, 4) is 0 Å². The van der Waals surface area contributed by atoms with E-state index in [1.807, 2.05) is 13.0 Å². The molecular weight excluding hydrogens is 352 g/mol. The first-order chi connectivity index (χ1) is 9.84. The van der Waals surface area contributed by atoms with Gasteiger partial charge >= 0.3 is 0 Å². The Hall–Kier alpha value is -1.37. The zero-order chi connectivity index (χ0) is 15.6. The quantitative estimate of drug-likeness (QED) is 0.810. The summed E-state index contributed by atoms with van der Waals surface area (Å²) in [6, 6.07) is 11.0. The molecule has 4 N–H and O–H groups in total. The van der Waals surface area contributed by atoms with Crippen molar-refractivity contribution in [3.63, 3.8) is 0 Å². The molecule has 0 radical (unpaired) electrons. The molecule has 0 aliphatic carbocycles. The molecule has 4 nitrogen and oxygen atoms in total. The molecule has 0 aliphatic rings. The summed E-state index contributed by atoms with van der Waals surface area (Å²) in [5.41, 5.74) is 12.9. The van der Waals surface area contributed by atoms with E-state index in [1.165, 1.54) is 12.1 Å². The number of halogens is 1. The van der Waals surface area contributed by atoms with E-state index in [1.54, 1.807) is 24.3 Å². The van der Waals surface area contributed by atoms with Crippen LogP contribution in [0, 0.1) is 0 Å². The number of hydrogen-bond donors (Lipinski definition) is 2. The second-order valence-corrected chi connectivity index (χ2v) is 7.67. The summed E-state index contributed by atoms with van der Waals surface area (Å²) in [5.74, 6) is 0. The Kier molecular flexibility index (Phi) is 4.70. The van der Waals surface area contributed by atoms with E-state index < -0.39 is 9.84 Å². The predicted molar refractivity (Wildman–Crippen MR) is 87.7 cm³/mol. The Labute approximate surface area is 133 Å². The highest BCUT2D eigenvalue weighted by molar-refractivity contribution is 9.10. The number of benzene rings is 2. The maximum absolute atomic E-state index is 12.7. The smallest absolute Gasteiger partial charge is 0.206 e. The average Bonchev–Trinajstić information content (AvgIpc) is 2.46. The van der Waals surface area contributed by atoms with Crippen molar-refractivity contribution in [3.05, 3.63) is 52.5 Å². The molecule has 0 aromatic heterocycles. The van der Waals surface area contributed by atoms with Crippen LogP contribution in [0.4, 0.5) is 5.69 Å². The molecule has 2 aromatic rings. The minimum absolute atomic E-state index is 0.192. The molecule has 0 amide bonds. The molecule has 1 unspecified atom stereocenters. The molecule has 0 saturated heterocycles. The maximum Gasteiger partial charge on any atom is 0.206 e. The molecule has 0 heterocycles. The van der Waals surface area contributed by atoms with Crippen molar-refractivity contribution in [1.29, 1.82) is 0 Å². The van der Waals surface area contributed by atoms with E-state index in [9.17, 15) is 8.42 Å². The second kappa shape index (κ2) is 6.17. The van der Waals surface area contributed by atoms with Gasteiger partial charge in [-0.25, -0.2) is 8.42 Å². The van der Waals surface area contributed by atoms with Gasteiger partial charge in [0.05, 0.1) is 9.79 Å². The van der Waals surface area contributed by atoms with Crippen molar-refractivity contribution in [2.24, 2.45) is 5.73 Å². The van der Waals surface area contributed by atoms with Gasteiger partial charge in [0.2, 0.25) is 9.84 Å². The molecule has 0 fully saturated rings. The van der Waals surface area contributed by atoms with Gasteiger partial charge in [-0.2, -0.15) is 0 Å². The lowest BCUT2D eigenvalue weighted by atomic mass is 10.1. The number of rotatable bonds is 4. The molecular formula is C15H17BrN2O2S. The monoisotopic (exact) mass is 368 g/mol. The van der Waals surface area contributed by atoms with Gasteiger partial charge in [0, 0.05) is 16.2 Å². The van der Waals surface area contributed by atoms with Crippen LogP contribution in [0.3, 0.4) is 0 Å². The zero-order valence-electron chi connectivity index (χ0n) is 11.6. The fourth-order valence-electron chi connectivity index (χ4n) is 1.97. The third-order valence-corrected chi connectivity index (χ3v) is 5.47. The highest BCUT2D eigenvalue weighted by Gasteiger charge is 2.19. The van der Waals surface area contributed by atoms with Crippen LogP contribution in [0.5, 0.6) is 0 Å². The second-order valence-electron chi connectivity index (χ2n) is 4.81. The lowest BCUT2D eigenvalue weighted by molar-refractivity contribution is 0.595. The highest BCUT2D eigenvalue weighted by Crippen LogP contribution is 2.28. The van der Waals surface area contributed by atoms with Crippen molar-refractivity contribution in [1.82, 2.24) is 0 Å². The van der Waals surface area contributed by atoms with Crippen LogP contribution in [0.1, 0.15) is 24.9 Å². The maximum atomic E-state index is 12.7. The van der Waals surface area contributed by atoms with Crippen molar-refractivity contribution in [2.75, 3.05) is 5.73 Å². The summed E-state index contributed by atoms with van der Waals surface area (Å²) in [4.78, 5) is 0.436. The molecule has 0 saturated carbocycles. The van der Waals surface area contributed by atoms with Crippen LogP contribution in [-0.2, 0) is 9.84 Å². The Morgan fingerprint density at radius 3 is 2.29 bits per heavy atom. The number of sulfone groups is 1. The SMILES string of the molecule is CCC(N)c1cc(Br)cc(S(=O)(=O)c2ccc(N)cc2)c1. The molecule has 112 valence electrons. The van der Waals surface area contributed by atoms with Crippen molar-refractivity contribution < 1.29 is 8.42 Å². The lowest BCUT2D eigenvalue weighted by Crippen LogP contribution is -2.10. The van der Waals surface area contributed by atoms with E-state index in [4.69, 9.17) is 11.5 Å². The van der Waals surface area contributed by atoms with Crippen LogP contribution in [-0.4, -0.2) is 8.42 Å². The van der Waals surface area contributed by atoms with Crippen molar-refractivity contribution in [2.45, 2.75) is 29.2 Å². The first-order valence-corrected chi connectivity index (χ1v) is 8.79. The summed E-state index contributed by atoms with van der Waals surface area (Å²) in [7, 11) is -3.58. The van der Waals surface area contributed by atoms with Gasteiger partial charge in [0.15, 0.2) is 0 Å². The van der Waals surface area contributed by atoms with Crippen LogP contribution < -0.4 is 11.5 Å². The topological polar surface area (TPSA) is 86.2 Å². The van der Waals surface area contributed by atoms with E-state index in [2.05, 4.69) is 15.9 Å². The summed E-state index contributed by atoms with van der Waals surface area (Å²) < 4.78 is 26.0. The highest BCUT2D eigenvalue weighted by atomic mass is 79.9. The van der Waals surface area contributed by atoms with Crippen molar-refractivity contribution >= 4 is 31.5 Å². The van der Waals surface area contributed by atoms with Gasteiger partial charge < -0.3 is 11.5 Å². The fourth-order valence-corrected chi connectivity index (χ4v) is 3.97. The summed E-state index contributed by atoms with van der Waals surface area (Å²) in [6.07, 6.45) is 0.734. The Balaban J connectivity index is 2.54. The standard InChI is InChI=1S/C15H17BrN2O2S/c1-2-15(18)10-7-11(16)9-14(8-10)21(19,20)13-5-3-12(17)4-6-13/h3-9,15H,2,17-18H2,1H3. The molecule has 2 aromatic carbocycles. The van der Waals surface area contributed by atoms with Gasteiger partial charge in [0.25, 0.3) is 0 Å². The minimum Gasteiger partial charge on any atom is -0.399 e. The van der Waals surface area contributed by atoms with E-state index in [-0.39, 0.29) is 15.8 Å². The molecule has 6 heteroatoms. The Bertz CT molecular complexity index is 743.